The standard InChI is InChI=1S/C50H62FN17O20P2S2/c1-23(2)33(62-29(69)12-14-66-30(70)10-11-31(66)71)43(73)61-26(5-4-13-55-48(54)75)42(72)60-25-8-6-24(7-9-25)17-81-49(76)65(3)15-16-80-50(77)86-38-37-28(85-46(38)68-22-59-35-41(68)63-47(53)64-44(35)74)19-83-89(78,91)87-36-27(18-82-90(79,92)88-37)84-45(32(36)51)67-21-58-34-39(52)56-20-57-40(34)67/h6-11,20-23,26-28,32-33,36-38,45-46H,4-5,12-19H2,1-3H3,(H,60,72)(H,61,73)(H,62,69)(H,78,91)(H,79,92)(H2,52,56,57)(H3,54,55,75)(H3,53,63,64,74)/t26-,27+,28+,32+,33-,36+,37+,38+,45+,46+,89?,90?/m0/s1. The molecule has 9 rings (SSSR count). The number of alkyl halides is 1. The number of thiol groups is 1. The number of aromatic nitrogens is 8. The van der Waals surface area contributed by atoms with Gasteiger partial charge in [-0.2, -0.15) is 4.98 Å². The number of nitrogens with zero attached hydrogens (tertiary/aromatic N) is 9. The van der Waals surface area contributed by atoms with E-state index in [-0.39, 0.29) is 85.3 Å². The highest BCUT2D eigenvalue weighted by Crippen LogP contribution is 2.59. The predicted octanol–water partition coefficient (Wildman–Crippen LogP) is 0.447. The molecule has 3 fully saturated rings. The summed E-state index contributed by atoms with van der Waals surface area (Å²) in [5.41, 5.74) is 16.7. The molecule has 3 saturated heterocycles. The summed E-state index contributed by atoms with van der Waals surface area (Å²) >= 11 is 9.51. The quantitative estimate of drug-likeness (QED) is 0.0157. The van der Waals surface area contributed by atoms with Crippen molar-refractivity contribution in [2.45, 2.75) is 101 Å². The average Bonchev–Trinajstić information content (AvgIpc) is 1.63. The summed E-state index contributed by atoms with van der Waals surface area (Å²) in [6.45, 7) is -8.71. The summed E-state index contributed by atoms with van der Waals surface area (Å²) in [6.07, 6.45) is -10.4. The molecule has 4 aliphatic rings. The lowest BCUT2D eigenvalue weighted by atomic mass is 10.0. The number of hydrogen-bond acceptors (Lipinski definition) is 27. The summed E-state index contributed by atoms with van der Waals surface area (Å²) < 4.78 is 84.5. The number of nitrogen functional groups attached to an aromatic ring is 2. The number of hydrogen-bond donors (Lipinski definition) is 10. The Morgan fingerprint density at radius 3 is 2.28 bits per heavy atom. The third-order valence-corrected chi connectivity index (χ3v) is 17.5. The minimum absolute atomic E-state index is 0.0134. The fourth-order valence-electron chi connectivity index (χ4n) is 9.75. The first-order chi connectivity index (χ1) is 43.6. The number of imide groups is 1. The second kappa shape index (κ2) is 29.1. The van der Waals surface area contributed by atoms with E-state index in [0.717, 1.165) is 39.2 Å². The number of urea groups is 1. The lowest BCUT2D eigenvalue weighted by molar-refractivity contribution is -0.137. The highest BCUT2D eigenvalue weighted by molar-refractivity contribution is 8.44. The predicted molar refractivity (Wildman–Crippen MR) is 320 cm³/mol. The molecule has 4 aromatic heterocycles. The number of benzene rings is 1. The molecule has 0 radical (unpaired) electrons. The summed E-state index contributed by atoms with van der Waals surface area (Å²) in [7, 11) is 1.33. The molecule has 12 atom stereocenters. The smallest absolute Gasteiger partial charge is 0.445 e. The minimum atomic E-state index is -4.64. The molecule has 0 spiro atoms. The van der Waals surface area contributed by atoms with E-state index in [4.69, 9.17) is 70.8 Å². The van der Waals surface area contributed by atoms with Gasteiger partial charge in [-0.15, -0.1) is 0 Å². The Kier molecular flexibility index (Phi) is 21.5. The third-order valence-electron chi connectivity index (χ3n) is 14.4. The largest absolute Gasteiger partial charge is 0.508 e. The molecular weight excluding hydrogens is 1300 g/mol. The number of amides is 8. The van der Waals surface area contributed by atoms with E-state index in [1.807, 2.05) is 0 Å². The summed E-state index contributed by atoms with van der Waals surface area (Å²) in [5, 5.41) is 10.4. The number of halogens is 1. The number of nitrogens with two attached hydrogens (primary N) is 3. The fourth-order valence-corrected chi connectivity index (χ4v) is 12.7. The van der Waals surface area contributed by atoms with Gasteiger partial charge in [-0.3, -0.25) is 61.4 Å². The molecule has 0 aliphatic carbocycles. The molecule has 0 bridgehead atoms. The number of primary amides is 1. The number of fused-ring (bicyclic) bond motifs is 4. The van der Waals surface area contributed by atoms with Crippen molar-refractivity contribution in [3.8, 4) is 0 Å². The second-order valence-corrected chi connectivity index (χ2v) is 26.8. The van der Waals surface area contributed by atoms with Crippen LogP contribution in [-0.2, 0) is 88.7 Å². The van der Waals surface area contributed by atoms with E-state index in [1.54, 1.807) is 13.8 Å². The highest BCUT2D eigenvalue weighted by atomic mass is 32.7. The Balaban J connectivity index is 0.805. The van der Waals surface area contributed by atoms with Gasteiger partial charge in [0.25, 0.3) is 17.4 Å². The molecule has 12 N–H and O–H groups in total. The molecule has 37 nitrogen and oxygen atoms in total. The zero-order chi connectivity index (χ0) is 66.3. The van der Waals surface area contributed by atoms with Crippen LogP contribution in [0, 0.1) is 5.92 Å². The lowest BCUT2D eigenvalue weighted by Gasteiger charge is -2.30. The van der Waals surface area contributed by atoms with Crippen molar-refractivity contribution in [3.63, 3.8) is 0 Å². The first-order valence-electron chi connectivity index (χ1n) is 27.8. The number of rotatable bonds is 21. The SMILES string of the molecule is CC(C)[C@H](NC(=O)CCN1C(=O)C=CC1=O)C(=O)N[C@@H](CCCNC(N)=O)C(=O)Nc1ccc(COC(=O)N(C)CCOC(=O)O[C@@H]2[C@@H]3OP(O)(=S)OC[C@H]4O[C@@H](n5cnc6c(N)ncnc65)[C@H](F)[C@@H]4OP(=O)(S)OC[C@H]3O[C@H]2n2cnc3c(=O)[nH]c(N)nc32)cc1. The van der Waals surface area contributed by atoms with Crippen LogP contribution in [0.25, 0.3) is 22.3 Å². The van der Waals surface area contributed by atoms with Gasteiger partial charge >= 0.3 is 31.8 Å². The first-order valence-corrected chi connectivity index (χ1v) is 33.1. The van der Waals surface area contributed by atoms with Crippen LogP contribution in [0.2, 0.25) is 0 Å². The Bertz CT molecular complexity index is 3810. The number of H-pyrrole nitrogens is 1. The van der Waals surface area contributed by atoms with Crippen molar-refractivity contribution >= 4 is 125 Å². The van der Waals surface area contributed by atoms with E-state index in [1.165, 1.54) is 42.2 Å². The van der Waals surface area contributed by atoms with Crippen LogP contribution in [0.15, 0.2) is 60.2 Å². The Morgan fingerprint density at radius 1 is 0.902 bits per heavy atom. The zero-order valence-electron chi connectivity index (χ0n) is 48.7. The number of carbonyl (C=O) groups excluding carboxylic acids is 8. The van der Waals surface area contributed by atoms with Gasteiger partial charge in [0.1, 0.15) is 61.6 Å². The van der Waals surface area contributed by atoms with Crippen molar-refractivity contribution < 1.29 is 94.0 Å². The topological polar surface area (TPSA) is 497 Å². The summed E-state index contributed by atoms with van der Waals surface area (Å²) in [6, 6.07) is 2.94. The molecule has 92 heavy (non-hydrogen) atoms. The number of anilines is 3. The van der Waals surface area contributed by atoms with Crippen molar-refractivity contribution in [1.29, 1.82) is 0 Å². The normalized spacial score (nSPS) is 25.4. The number of ether oxygens (including phenoxy) is 5. The second-order valence-electron chi connectivity index (χ2n) is 21.1. The van der Waals surface area contributed by atoms with Crippen molar-refractivity contribution in [3.05, 3.63) is 71.3 Å². The molecule has 1 aromatic carbocycles. The average molecular weight is 1370 g/mol. The van der Waals surface area contributed by atoms with Gasteiger partial charge in [-0.05, 0) is 48.3 Å². The van der Waals surface area contributed by atoms with Gasteiger partial charge < -0.3 is 76.5 Å². The molecule has 5 aromatic rings. The van der Waals surface area contributed by atoms with Crippen molar-refractivity contribution in [2.75, 3.05) is 63.3 Å². The van der Waals surface area contributed by atoms with Crippen LogP contribution < -0.4 is 44.0 Å². The van der Waals surface area contributed by atoms with E-state index in [0.29, 0.717) is 5.56 Å². The monoisotopic (exact) mass is 1370 g/mol. The first kappa shape index (κ1) is 68.1. The molecule has 496 valence electrons. The van der Waals surface area contributed by atoms with Crippen LogP contribution in [0.5, 0.6) is 0 Å². The summed E-state index contributed by atoms with van der Waals surface area (Å²) in [5.74, 6) is -3.98. The van der Waals surface area contributed by atoms with Gasteiger partial charge in [0.2, 0.25) is 23.7 Å². The molecule has 42 heteroatoms. The van der Waals surface area contributed by atoms with Gasteiger partial charge in [-0.25, -0.2) is 43.3 Å². The van der Waals surface area contributed by atoms with Gasteiger partial charge in [-0.1, -0.05) is 38.2 Å². The lowest BCUT2D eigenvalue weighted by Crippen LogP contribution is -2.54. The van der Waals surface area contributed by atoms with Crippen molar-refractivity contribution in [1.82, 2.24) is 64.8 Å². The Labute approximate surface area is 529 Å². The molecule has 2 unspecified atom stereocenters. The van der Waals surface area contributed by atoms with Gasteiger partial charge in [0, 0.05) is 44.4 Å². The van der Waals surface area contributed by atoms with Gasteiger partial charge in [0.15, 0.2) is 47.4 Å². The van der Waals surface area contributed by atoms with Crippen LogP contribution >= 0.6 is 25.8 Å². The highest BCUT2D eigenvalue weighted by Gasteiger charge is 2.55. The van der Waals surface area contributed by atoms with Crippen LogP contribution in [-0.4, -0.2) is 197 Å². The molecule has 8 amide bonds. The van der Waals surface area contributed by atoms with E-state index in [2.05, 4.69) is 63.4 Å². The number of aromatic amines is 1. The van der Waals surface area contributed by atoms with Crippen LogP contribution in [0.4, 0.5) is 36.2 Å². The van der Waals surface area contributed by atoms with E-state index < -0.39 is 154 Å². The number of imidazole rings is 2. The third kappa shape index (κ3) is 16.5. The van der Waals surface area contributed by atoms with E-state index in [9.17, 15) is 52.6 Å². The van der Waals surface area contributed by atoms with Crippen LogP contribution in [0.3, 0.4) is 0 Å². The maximum Gasteiger partial charge on any atom is 0.508 e. The maximum absolute atomic E-state index is 16.5. The van der Waals surface area contributed by atoms with E-state index >= 15 is 4.39 Å². The Hall–Kier alpha value is -8.30. The number of nitrogens with one attached hydrogen (secondary N) is 5. The minimum Gasteiger partial charge on any atom is -0.445 e. The molecular formula is C50H62FN17O20P2S2. The van der Waals surface area contributed by atoms with Crippen molar-refractivity contribution in [2.24, 2.45) is 11.7 Å². The fraction of sp³-hybridized carbons (Fsp3) is 0.480. The molecule has 4 aliphatic heterocycles. The molecule has 0 saturated carbocycles. The zero-order valence-corrected chi connectivity index (χ0v) is 52.2. The maximum atomic E-state index is 16.5. The van der Waals surface area contributed by atoms with Gasteiger partial charge in [0.05, 0.1) is 32.4 Å². The van der Waals surface area contributed by atoms with Crippen LogP contribution in [0.1, 0.15) is 51.1 Å². The number of carbonyl (C=O) groups is 8. The Morgan fingerprint density at radius 2 is 1.58 bits per heavy atom. The number of likely N-dealkylation sites (N-methyl/N-ethyl adjacent to an activating group) is 1. The molecule has 8 heterocycles. The summed E-state index contributed by atoms with van der Waals surface area (Å²) in [4.78, 5) is 151.